The summed E-state index contributed by atoms with van der Waals surface area (Å²) >= 11 is 0. The summed E-state index contributed by atoms with van der Waals surface area (Å²) < 4.78 is 5.85. The molecule has 1 fully saturated rings. The molecule has 0 bridgehead atoms. The van der Waals surface area contributed by atoms with Crippen LogP contribution >= 0.6 is 0 Å². The Kier molecular flexibility index (Phi) is 3.06. The fourth-order valence-electron chi connectivity index (χ4n) is 2.03. The van der Waals surface area contributed by atoms with E-state index in [-0.39, 0.29) is 6.10 Å². The van der Waals surface area contributed by atoms with Gasteiger partial charge in [0, 0.05) is 6.04 Å². The molecule has 2 atom stereocenters. The molecule has 1 aliphatic rings. The Balaban J connectivity index is 1.99. The Morgan fingerprint density at radius 3 is 3.00 bits per heavy atom. The van der Waals surface area contributed by atoms with Crippen molar-refractivity contribution in [1.82, 2.24) is 10.3 Å². The summed E-state index contributed by atoms with van der Waals surface area (Å²) in [6.07, 6.45) is 5.46. The number of nitrogens with one attached hydrogen (secondary N) is 1. The van der Waals surface area contributed by atoms with Crippen molar-refractivity contribution in [3.8, 4) is 5.75 Å². The molecule has 0 saturated heterocycles. The molecule has 15 heavy (non-hydrogen) atoms. The average Bonchev–Trinajstić information content (AvgIpc) is 2.69. The van der Waals surface area contributed by atoms with Crippen LogP contribution in [0.25, 0.3) is 0 Å². The summed E-state index contributed by atoms with van der Waals surface area (Å²) in [5.41, 5.74) is 5.51. The zero-order valence-corrected chi connectivity index (χ0v) is 8.94. The van der Waals surface area contributed by atoms with Crippen molar-refractivity contribution in [3.63, 3.8) is 0 Å². The minimum absolute atomic E-state index is 0.264. The summed E-state index contributed by atoms with van der Waals surface area (Å²) in [6.45, 7) is 0. The minimum Gasteiger partial charge on any atom is -0.487 e. The second-order valence-corrected chi connectivity index (χ2v) is 3.90. The van der Waals surface area contributed by atoms with Crippen molar-refractivity contribution >= 4 is 5.82 Å². The van der Waals surface area contributed by atoms with Gasteiger partial charge in [-0.3, -0.25) is 0 Å². The molecular formula is C11H17N3O. The molecule has 1 saturated carbocycles. The predicted molar refractivity (Wildman–Crippen MR) is 59.8 cm³/mol. The van der Waals surface area contributed by atoms with Crippen LogP contribution in [0.3, 0.4) is 0 Å². The van der Waals surface area contributed by atoms with E-state index in [1.807, 2.05) is 13.1 Å². The third kappa shape index (κ3) is 2.39. The summed E-state index contributed by atoms with van der Waals surface area (Å²) in [5.74, 6) is 1.33. The molecule has 0 unspecified atom stereocenters. The topological polar surface area (TPSA) is 60.2 Å². The van der Waals surface area contributed by atoms with Gasteiger partial charge < -0.3 is 15.8 Å². The lowest BCUT2D eigenvalue weighted by Crippen LogP contribution is -2.36. The van der Waals surface area contributed by atoms with Gasteiger partial charge in [-0.25, -0.2) is 4.98 Å². The van der Waals surface area contributed by atoms with Gasteiger partial charge in [0.05, 0.1) is 6.20 Å². The van der Waals surface area contributed by atoms with E-state index < -0.39 is 0 Å². The van der Waals surface area contributed by atoms with Crippen LogP contribution in [0.4, 0.5) is 5.82 Å². The highest BCUT2D eigenvalue weighted by Crippen LogP contribution is 2.24. The van der Waals surface area contributed by atoms with Gasteiger partial charge in [-0.15, -0.1) is 0 Å². The van der Waals surface area contributed by atoms with Crippen molar-refractivity contribution in [1.29, 1.82) is 0 Å². The number of ether oxygens (including phenoxy) is 1. The third-order valence-electron chi connectivity index (χ3n) is 2.87. The number of nitrogen functional groups attached to an aromatic ring is 1. The number of nitrogens with two attached hydrogens (primary N) is 1. The maximum atomic E-state index is 5.85. The van der Waals surface area contributed by atoms with Crippen LogP contribution in [0, 0.1) is 0 Å². The van der Waals surface area contributed by atoms with Gasteiger partial charge in [-0.1, -0.05) is 0 Å². The van der Waals surface area contributed by atoms with E-state index in [0.29, 0.717) is 11.9 Å². The molecule has 0 amide bonds. The van der Waals surface area contributed by atoms with Crippen LogP contribution in [-0.2, 0) is 0 Å². The Bertz CT molecular complexity index is 312. The van der Waals surface area contributed by atoms with Gasteiger partial charge in [0.15, 0.2) is 0 Å². The monoisotopic (exact) mass is 207 g/mol. The van der Waals surface area contributed by atoms with Crippen LogP contribution < -0.4 is 15.8 Å². The summed E-state index contributed by atoms with van der Waals surface area (Å²) in [4.78, 5) is 4.00. The lowest BCUT2D eigenvalue weighted by Gasteiger charge is -2.20. The summed E-state index contributed by atoms with van der Waals surface area (Å²) in [7, 11) is 1.98. The first-order valence-corrected chi connectivity index (χ1v) is 5.35. The van der Waals surface area contributed by atoms with Crippen LogP contribution in [0.5, 0.6) is 5.75 Å². The number of anilines is 1. The number of aromatic nitrogens is 1. The third-order valence-corrected chi connectivity index (χ3v) is 2.87. The van der Waals surface area contributed by atoms with E-state index >= 15 is 0 Å². The number of pyridine rings is 1. The number of rotatable bonds is 3. The van der Waals surface area contributed by atoms with Crippen molar-refractivity contribution in [2.45, 2.75) is 31.4 Å². The lowest BCUT2D eigenvalue weighted by molar-refractivity contribution is 0.178. The van der Waals surface area contributed by atoms with E-state index in [1.165, 1.54) is 12.8 Å². The normalized spacial score (nSPS) is 25.4. The summed E-state index contributed by atoms with van der Waals surface area (Å²) in [5, 5.41) is 3.28. The standard InChI is InChI=1S/C11H17N3O/c1-13-9-3-2-4-10(9)15-8-5-6-11(12)14-7-8/h5-7,9-10,13H,2-4H2,1H3,(H2,12,14)/t9-,10-/m1/s1. The molecule has 0 radical (unpaired) electrons. The molecule has 4 heteroatoms. The molecule has 1 aromatic rings. The van der Waals surface area contributed by atoms with E-state index in [0.717, 1.165) is 12.2 Å². The maximum Gasteiger partial charge on any atom is 0.138 e. The van der Waals surface area contributed by atoms with Crippen molar-refractivity contribution < 1.29 is 4.74 Å². The van der Waals surface area contributed by atoms with E-state index in [9.17, 15) is 0 Å². The molecule has 82 valence electrons. The van der Waals surface area contributed by atoms with Gasteiger partial charge in [-0.05, 0) is 38.4 Å². The van der Waals surface area contributed by atoms with Crippen LogP contribution in [0.15, 0.2) is 18.3 Å². The van der Waals surface area contributed by atoms with Gasteiger partial charge in [0.2, 0.25) is 0 Å². The van der Waals surface area contributed by atoms with Gasteiger partial charge >= 0.3 is 0 Å². The summed E-state index contributed by atoms with van der Waals surface area (Å²) in [6, 6.07) is 4.09. The SMILES string of the molecule is CN[C@@H]1CCC[C@H]1Oc1ccc(N)nc1. The van der Waals surface area contributed by atoms with E-state index in [4.69, 9.17) is 10.5 Å². The Morgan fingerprint density at radius 2 is 2.33 bits per heavy atom. The predicted octanol–water partition coefficient (Wildman–Crippen LogP) is 1.18. The molecule has 1 heterocycles. The fourth-order valence-corrected chi connectivity index (χ4v) is 2.03. The zero-order chi connectivity index (χ0) is 10.7. The molecule has 1 aromatic heterocycles. The number of nitrogens with zero attached hydrogens (tertiary/aromatic N) is 1. The van der Waals surface area contributed by atoms with E-state index in [2.05, 4.69) is 10.3 Å². The second kappa shape index (κ2) is 4.49. The molecule has 0 aromatic carbocycles. The highest BCUT2D eigenvalue weighted by atomic mass is 16.5. The Hall–Kier alpha value is -1.29. The minimum atomic E-state index is 0.264. The smallest absolute Gasteiger partial charge is 0.138 e. The van der Waals surface area contributed by atoms with E-state index in [1.54, 1.807) is 12.3 Å². The molecule has 4 nitrogen and oxygen atoms in total. The Labute approximate surface area is 89.8 Å². The number of hydrogen-bond acceptors (Lipinski definition) is 4. The van der Waals surface area contributed by atoms with Gasteiger partial charge in [-0.2, -0.15) is 0 Å². The molecule has 0 spiro atoms. The fraction of sp³-hybridized carbons (Fsp3) is 0.545. The lowest BCUT2D eigenvalue weighted by atomic mass is 10.2. The molecule has 2 rings (SSSR count). The van der Waals surface area contributed by atoms with Crippen LogP contribution in [-0.4, -0.2) is 24.2 Å². The van der Waals surface area contributed by atoms with Crippen molar-refractivity contribution in [2.75, 3.05) is 12.8 Å². The largest absolute Gasteiger partial charge is 0.487 e. The number of likely N-dealkylation sites (N-methyl/N-ethyl adjacent to an activating group) is 1. The maximum absolute atomic E-state index is 5.85. The number of hydrogen-bond donors (Lipinski definition) is 2. The molecule has 3 N–H and O–H groups in total. The first kappa shape index (κ1) is 10.2. The molecular weight excluding hydrogens is 190 g/mol. The first-order valence-electron chi connectivity index (χ1n) is 5.35. The van der Waals surface area contributed by atoms with Crippen molar-refractivity contribution in [2.24, 2.45) is 0 Å². The zero-order valence-electron chi connectivity index (χ0n) is 8.94. The van der Waals surface area contributed by atoms with Crippen LogP contribution in [0.2, 0.25) is 0 Å². The van der Waals surface area contributed by atoms with Gasteiger partial charge in [0.25, 0.3) is 0 Å². The average molecular weight is 207 g/mol. The van der Waals surface area contributed by atoms with Crippen molar-refractivity contribution in [3.05, 3.63) is 18.3 Å². The quantitative estimate of drug-likeness (QED) is 0.781. The molecule has 1 aliphatic carbocycles. The Morgan fingerprint density at radius 1 is 1.47 bits per heavy atom. The van der Waals surface area contributed by atoms with Gasteiger partial charge in [0.1, 0.15) is 17.7 Å². The first-order chi connectivity index (χ1) is 7.29. The highest BCUT2D eigenvalue weighted by molar-refractivity contribution is 5.32. The second-order valence-electron chi connectivity index (χ2n) is 3.90. The van der Waals surface area contributed by atoms with Crippen LogP contribution in [0.1, 0.15) is 19.3 Å². The highest BCUT2D eigenvalue weighted by Gasteiger charge is 2.27. The molecule has 0 aliphatic heterocycles.